The molecule has 1 N–H and O–H groups in total. The summed E-state index contributed by atoms with van der Waals surface area (Å²) in [5, 5.41) is 3.41. The second-order valence-electron chi connectivity index (χ2n) is 5.30. The molecular formula is C10H23NS. The smallest absolute Gasteiger partial charge is 0.0198 e. The van der Waals surface area contributed by atoms with Crippen LogP contribution in [0.15, 0.2) is 0 Å². The highest BCUT2D eigenvalue weighted by atomic mass is 32.1. The van der Waals surface area contributed by atoms with Crippen LogP contribution in [0, 0.1) is 5.41 Å². The van der Waals surface area contributed by atoms with Gasteiger partial charge >= 0.3 is 0 Å². The van der Waals surface area contributed by atoms with Gasteiger partial charge in [-0.05, 0) is 32.2 Å². The van der Waals surface area contributed by atoms with Crippen LogP contribution in [0.3, 0.4) is 0 Å². The van der Waals surface area contributed by atoms with Crippen LogP contribution < -0.4 is 5.32 Å². The Morgan fingerprint density at radius 3 is 1.92 bits per heavy atom. The first-order chi connectivity index (χ1) is 5.21. The van der Waals surface area contributed by atoms with Crippen molar-refractivity contribution < 1.29 is 0 Å². The summed E-state index contributed by atoms with van der Waals surface area (Å²) < 4.78 is 0.109. The second-order valence-corrected chi connectivity index (χ2v) is 6.51. The molecule has 0 aliphatic rings. The largest absolute Gasteiger partial charge is 0.315 e. The van der Waals surface area contributed by atoms with Crippen molar-refractivity contribution in [3.8, 4) is 0 Å². The second kappa shape index (κ2) is 4.52. The van der Waals surface area contributed by atoms with E-state index in [1.54, 1.807) is 0 Å². The van der Waals surface area contributed by atoms with Crippen molar-refractivity contribution in [3.05, 3.63) is 0 Å². The maximum Gasteiger partial charge on any atom is 0.0198 e. The van der Waals surface area contributed by atoms with Crippen LogP contribution in [0.4, 0.5) is 0 Å². The third-order valence-electron chi connectivity index (χ3n) is 1.61. The summed E-state index contributed by atoms with van der Waals surface area (Å²) in [5.74, 6) is 0. The van der Waals surface area contributed by atoms with E-state index in [1.165, 1.54) is 6.42 Å². The quantitative estimate of drug-likeness (QED) is 0.512. The van der Waals surface area contributed by atoms with E-state index in [-0.39, 0.29) is 4.75 Å². The molecule has 0 aromatic heterocycles. The summed E-state index contributed by atoms with van der Waals surface area (Å²) in [6.45, 7) is 13.1. The van der Waals surface area contributed by atoms with Crippen molar-refractivity contribution in [1.82, 2.24) is 5.32 Å². The zero-order valence-corrected chi connectivity index (χ0v) is 9.96. The van der Waals surface area contributed by atoms with E-state index in [1.807, 2.05) is 0 Å². The fourth-order valence-corrected chi connectivity index (χ4v) is 0.969. The van der Waals surface area contributed by atoms with Gasteiger partial charge in [0.1, 0.15) is 0 Å². The Bertz CT molecular complexity index is 103. The van der Waals surface area contributed by atoms with Crippen molar-refractivity contribution in [2.75, 3.05) is 13.1 Å². The molecule has 0 amide bonds. The average molecular weight is 189 g/mol. The molecule has 0 bridgehead atoms. The van der Waals surface area contributed by atoms with Crippen molar-refractivity contribution >= 4 is 12.6 Å². The van der Waals surface area contributed by atoms with Gasteiger partial charge in [0.2, 0.25) is 0 Å². The van der Waals surface area contributed by atoms with Crippen molar-refractivity contribution in [3.63, 3.8) is 0 Å². The first kappa shape index (κ1) is 12.3. The molecule has 0 fully saturated rings. The lowest BCUT2D eigenvalue weighted by Gasteiger charge is -2.21. The fourth-order valence-electron chi connectivity index (χ4n) is 0.858. The Kier molecular flexibility index (Phi) is 4.64. The predicted molar refractivity (Wildman–Crippen MR) is 60.0 cm³/mol. The highest BCUT2D eigenvalue weighted by Crippen LogP contribution is 2.17. The summed E-state index contributed by atoms with van der Waals surface area (Å²) in [4.78, 5) is 0. The van der Waals surface area contributed by atoms with Gasteiger partial charge in [0.05, 0.1) is 0 Å². The van der Waals surface area contributed by atoms with Crippen molar-refractivity contribution in [2.24, 2.45) is 5.41 Å². The molecule has 0 heterocycles. The SMILES string of the molecule is CC(C)(C)CCNCC(C)(C)S. The van der Waals surface area contributed by atoms with Gasteiger partial charge in [0, 0.05) is 11.3 Å². The summed E-state index contributed by atoms with van der Waals surface area (Å²) in [5.41, 5.74) is 0.438. The Morgan fingerprint density at radius 2 is 1.58 bits per heavy atom. The summed E-state index contributed by atoms with van der Waals surface area (Å²) in [6, 6.07) is 0. The van der Waals surface area contributed by atoms with E-state index < -0.39 is 0 Å². The summed E-state index contributed by atoms with van der Waals surface area (Å²) >= 11 is 4.44. The molecule has 0 aromatic carbocycles. The molecule has 2 heteroatoms. The van der Waals surface area contributed by atoms with Gasteiger partial charge in [0.25, 0.3) is 0 Å². The Morgan fingerprint density at radius 1 is 1.08 bits per heavy atom. The molecule has 12 heavy (non-hydrogen) atoms. The van der Waals surface area contributed by atoms with E-state index >= 15 is 0 Å². The number of thiol groups is 1. The van der Waals surface area contributed by atoms with Gasteiger partial charge in [-0.15, -0.1) is 0 Å². The van der Waals surface area contributed by atoms with Gasteiger partial charge in [-0.25, -0.2) is 0 Å². The predicted octanol–water partition coefficient (Wildman–Crippen LogP) is 2.72. The van der Waals surface area contributed by atoms with Crippen LogP contribution in [0.5, 0.6) is 0 Å². The fraction of sp³-hybridized carbons (Fsp3) is 1.00. The molecule has 0 aliphatic heterocycles. The first-order valence-corrected chi connectivity index (χ1v) is 5.09. The minimum atomic E-state index is 0.109. The molecule has 0 radical (unpaired) electrons. The standard InChI is InChI=1S/C10H23NS/c1-9(2,3)6-7-11-8-10(4,5)12/h11-12H,6-8H2,1-5H3. The van der Waals surface area contributed by atoms with Crippen molar-refractivity contribution in [1.29, 1.82) is 0 Å². The molecule has 0 rings (SSSR count). The number of hydrogen-bond donors (Lipinski definition) is 2. The number of hydrogen-bond acceptors (Lipinski definition) is 2. The van der Waals surface area contributed by atoms with Crippen molar-refractivity contribution in [2.45, 2.75) is 45.8 Å². The highest BCUT2D eigenvalue weighted by molar-refractivity contribution is 7.81. The van der Waals surface area contributed by atoms with E-state index in [0.29, 0.717) is 5.41 Å². The Labute approximate surface area is 82.7 Å². The number of nitrogens with one attached hydrogen (secondary N) is 1. The van der Waals surface area contributed by atoms with E-state index in [4.69, 9.17) is 0 Å². The van der Waals surface area contributed by atoms with Gasteiger partial charge in [-0.3, -0.25) is 0 Å². The van der Waals surface area contributed by atoms with E-state index in [2.05, 4.69) is 52.6 Å². The maximum atomic E-state index is 4.44. The van der Waals surface area contributed by atoms with E-state index in [0.717, 1.165) is 13.1 Å². The summed E-state index contributed by atoms with van der Waals surface area (Å²) in [6.07, 6.45) is 1.22. The minimum absolute atomic E-state index is 0.109. The van der Waals surface area contributed by atoms with Crippen LogP contribution >= 0.6 is 12.6 Å². The van der Waals surface area contributed by atoms with Crippen LogP contribution in [-0.4, -0.2) is 17.8 Å². The molecule has 74 valence electrons. The van der Waals surface area contributed by atoms with Gasteiger partial charge in [-0.2, -0.15) is 12.6 Å². The Balaban J connectivity index is 3.35. The zero-order valence-electron chi connectivity index (χ0n) is 9.07. The first-order valence-electron chi connectivity index (χ1n) is 4.64. The van der Waals surface area contributed by atoms with Gasteiger partial charge in [0.15, 0.2) is 0 Å². The molecule has 0 unspecified atom stereocenters. The average Bonchev–Trinajstić information content (AvgIpc) is 1.76. The van der Waals surface area contributed by atoms with Crippen LogP contribution in [-0.2, 0) is 0 Å². The highest BCUT2D eigenvalue weighted by Gasteiger charge is 2.12. The lowest BCUT2D eigenvalue weighted by atomic mass is 9.92. The Hall–Kier alpha value is 0.310. The van der Waals surface area contributed by atoms with Crippen LogP contribution in [0.25, 0.3) is 0 Å². The molecule has 0 aliphatic carbocycles. The monoisotopic (exact) mass is 189 g/mol. The molecule has 0 atom stereocenters. The van der Waals surface area contributed by atoms with Crippen LogP contribution in [0.2, 0.25) is 0 Å². The van der Waals surface area contributed by atoms with Gasteiger partial charge < -0.3 is 5.32 Å². The third-order valence-corrected chi connectivity index (χ3v) is 1.77. The zero-order chi connectivity index (χ0) is 9.83. The number of rotatable bonds is 4. The lowest BCUT2D eigenvalue weighted by molar-refractivity contribution is 0.364. The molecular weight excluding hydrogens is 166 g/mol. The lowest BCUT2D eigenvalue weighted by Crippen LogP contribution is -2.32. The van der Waals surface area contributed by atoms with E-state index in [9.17, 15) is 0 Å². The topological polar surface area (TPSA) is 12.0 Å². The minimum Gasteiger partial charge on any atom is -0.315 e. The summed E-state index contributed by atoms with van der Waals surface area (Å²) in [7, 11) is 0. The van der Waals surface area contributed by atoms with Gasteiger partial charge in [-0.1, -0.05) is 20.8 Å². The normalized spacial score (nSPS) is 13.5. The maximum absolute atomic E-state index is 4.44. The molecule has 0 saturated heterocycles. The van der Waals surface area contributed by atoms with Crippen LogP contribution in [0.1, 0.15) is 41.0 Å². The third kappa shape index (κ3) is 10.3. The molecule has 0 spiro atoms. The molecule has 0 saturated carbocycles. The molecule has 1 nitrogen and oxygen atoms in total. The molecule has 0 aromatic rings.